The van der Waals surface area contributed by atoms with Crippen molar-refractivity contribution in [3.05, 3.63) is 34.6 Å². The van der Waals surface area contributed by atoms with Crippen molar-refractivity contribution in [3.8, 4) is 11.4 Å². The van der Waals surface area contributed by atoms with Crippen molar-refractivity contribution >= 4 is 16.9 Å². The second kappa shape index (κ2) is 4.80. The number of aryl methyl sites for hydroxylation is 3. The number of imidazole rings is 2. The number of nitrogens with zero attached hydrogens (tertiary/aromatic N) is 6. The molecule has 0 bridgehead atoms. The molecular weight excluding hydrogens is 294 g/mol. The minimum atomic E-state index is -0.0948. The average Bonchev–Trinajstić information content (AvgIpc) is 3.20. The quantitative estimate of drug-likeness (QED) is 0.621. The minimum Gasteiger partial charge on any atom is -0.332 e. The van der Waals surface area contributed by atoms with Gasteiger partial charge in [-0.2, -0.15) is 5.10 Å². The van der Waals surface area contributed by atoms with Gasteiger partial charge in [0, 0.05) is 26.0 Å². The van der Waals surface area contributed by atoms with Gasteiger partial charge in [0.25, 0.3) is 5.56 Å². The highest BCUT2D eigenvalue weighted by molar-refractivity contribution is 5.77. The lowest BCUT2D eigenvalue weighted by atomic mass is 10.3. The van der Waals surface area contributed by atoms with Crippen LogP contribution in [0.5, 0.6) is 0 Å². The van der Waals surface area contributed by atoms with E-state index >= 15 is 0 Å². The van der Waals surface area contributed by atoms with Gasteiger partial charge in [-0.3, -0.25) is 18.4 Å². The summed E-state index contributed by atoms with van der Waals surface area (Å²) in [5.74, 6) is 1.26. The summed E-state index contributed by atoms with van der Waals surface area (Å²) in [6.07, 6.45) is 6.34. The van der Waals surface area contributed by atoms with Crippen molar-refractivity contribution < 1.29 is 0 Å². The average molecular weight is 311 g/mol. The summed E-state index contributed by atoms with van der Waals surface area (Å²) in [5.41, 5.74) is 2.68. The Labute approximate surface area is 131 Å². The van der Waals surface area contributed by atoms with Crippen LogP contribution in [0.4, 0.5) is 0 Å². The molecule has 0 spiro atoms. The second-order valence-corrected chi connectivity index (χ2v) is 5.70. The van der Waals surface area contributed by atoms with Gasteiger partial charge in [-0.15, -0.1) is 0 Å². The van der Waals surface area contributed by atoms with E-state index in [2.05, 4.69) is 20.1 Å². The van der Waals surface area contributed by atoms with E-state index < -0.39 is 0 Å². The number of hydrogen-bond acceptors (Lipinski definition) is 4. The molecule has 0 atom stereocenters. The molecule has 8 nitrogen and oxygen atoms in total. The van der Waals surface area contributed by atoms with Crippen molar-refractivity contribution in [2.75, 3.05) is 0 Å². The maximum atomic E-state index is 12.8. The lowest BCUT2D eigenvalue weighted by Crippen LogP contribution is -2.23. The molecular formula is C15H17N7O. The molecule has 8 heteroatoms. The number of fused-ring (bicyclic) bond motifs is 3. The van der Waals surface area contributed by atoms with E-state index in [1.54, 1.807) is 15.4 Å². The molecule has 0 aliphatic carbocycles. The summed E-state index contributed by atoms with van der Waals surface area (Å²) >= 11 is 0. The van der Waals surface area contributed by atoms with Gasteiger partial charge in [-0.05, 0) is 13.3 Å². The van der Waals surface area contributed by atoms with Gasteiger partial charge in [-0.1, -0.05) is 6.92 Å². The number of H-pyrrole nitrogens is 1. The largest absolute Gasteiger partial charge is 0.332 e. The fourth-order valence-electron chi connectivity index (χ4n) is 2.85. The van der Waals surface area contributed by atoms with Gasteiger partial charge >= 0.3 is 0 Å². The van der Waals surface area contributed by atoms with Crippen LogP contribution in [0.1, 0.15) is 19.0 Å². The van der Waals surface area contributed by atoms with E-state index in [1.165, 1.54) is 0 Å². The van der Waals surface area contributed by atoms with Crippen LogP contribution >= 0.6 is 0 Å². The smallest absolute Gasteiger partial charge is 0.280 e. The van der Waals surface area contributed by atoms with E-state index in [-0.39, 0.29) is 5.56 Å². The molecule has 4 rings (SSSR count). The molecule has 1 N–H and O–H groups in total. The Morgan fingerprint density at radius 1 is 1.26 bits per heavy atom. The molecule has 0 unspecified atom stereocenters. The van der Waals surface area contributed by atoms with Crippen molar-refractivity contribution in [3.63, 3.8) is 0 Å². The summed E-state index contributed by atoms with van der Waals surface area (Å²) in [4.78, 5) is 25.0. The topological polar surface area (TPSA) is 85.8 Å². The van der Waals surface area contributed by atoms with Gasteiger partial charge in [0.1, 0.15) is 5.82 Å². The monoisotopic (exact) mass is 311 g/mol. The predicted molar refractivity (Wildman–Crippen MR) is 86.3 cm³/mol. The van der Waals surface area contributed by atoms with E-state index in [4.69, 9.17) is 0 Å². The van der Waals surface area contributed by atoms with Gasteiger partial charge < -0.3 is 4.98 Å². The Kier molecular flexibility index (Phi) is 2.87. The normalized spacial score (nSPS) is 11.8. The predicted octanol–water partition coefficient (Wildman–Crippen LogP) is 1.49. The van der Waals surface area contributed by atoms with Crippen molar-refractivity contribution in [2.45, 2.75) is 26.8 Å². The molecule has 0 fully saturated rings. The second-order valence-electron chi connectivity index (χ2n) is 5.70. The SMILES string of the molecule is CCCn1c(=O)c2[nH]c(-c3cnn(C)c3)nc2n2cc(C)nc12. The van der Waals surface area contributed by atoms with Crippen LogP contribution < -0.4 is 5.56 Å². The van der Waals surface area contributed by atoms with E-state index in [9.17, 15) is 4.79 Å². The number of rotatable bonds is 3. The molecule has 4 heterocycles. The number of aromatic amines is 1. The molecule has 0 saturated heterocycles. The molecule has 4 aromatic rings. The van der Waals surface area contributed by atoms with Crippen LogP contribution in [0.15, 0.2) is 23.4 Å². The Morgan fingerprint density at radius 2 is 2.09 bits per heavy atom. The van der Waals surface area contributed by atoms with Crippen LogP contribution in [-0.4, -0.2) is 33.7 Å². The molecule has 0 radical (unpaired) electrons. The first kappa shape index (κ1) is 13.7. The summed E-state index contributed by atoms with van der Waals surface area (Å²) in [5, 5.41) is 4.15. The first-order chi connectivity index (χ1) is 11.1. The third-order valence-corrected chi connectivity index (χ3v) is 3.85. The third-order valence-electron chi connectivity index (χ3n) is 3.85. The minimum absolute atomic E-state index is 0.0948. The Balaban J connectivity index is 2.09. The van der Waals surface area contributed by atoms with Crippen LogP contribution in [-0.2, 0) is 13.6 Å². The van der Waals surface area contributed by atoms with Gasteiger partial charge in [0.15, 0.2) is 11.2 Å². The highest BCUT2D eigenvalue weighted by Crippen LogP contribution is 2.19. The maximum Gasteiger partial charge on any atom is 0.280 e. The highest BCUT2D eigenvalue weighted by atomic mass is 16.1. The third kappa shape index (κ3) is 1.98. The van der Waals surface area contributed by atoms with Gasteiger partial charge in [0.2, 0.25) is 5.78 Å². The number of aromatic nitrogens is 7. The zero-order valence-electron chi connectivity index (χ0n) is 13.2. The molecule has 0 aliphatic rings. The zero-order chi connectivity index (χ0) is 16.1. The highest BCUT2D eigenvalue weighted by Gasteiger charge is 2.17. The van der Waals surface area contributed by atoms with Crippen LogP contribution in [0.2, 0.25) is 0 Å². The van der Waals surface area contributed by atoms with Crippen LogP contribution in [0.3, 0.4) is 0 Å². The van der Waals surface area contributed by atoms with E-state index in [0.717, 1.165) is 17.7 Å². The van der Waals surface area contributed by atoms with E-state index in [1.807, 2.05) is 37.7 Å². The Hall–Kier alpha value is -2.90. The fraction of sp³-hybridized carbons (Fsp3) is 0.333. The summed E-state index contributed by atoms with van der Waals surface area (Å²) < 4.78 is 5.27. The lowest BCUT2D eigenvalue weighted by molar-refractivity contribution is 0.663. The standard InChI is InChI=1S/C15H17N7O/c1-4-5-21-14(23)11-13(22-7-9(2)17-15(21)22)19-12(18-11)10-6-16-20(3)8-10/h6-8H,4-5H2,1-3H3,(H,18,19). The molecule has 0 amide bonds. The van der Waals surface area contributed by atoms with Crippen molar-refractivity contribution in [2.24, 2.45) is 7.05 Å². The van der Waals surface area contributed by atoms with Crippen LogP contribution in [0, 0.1) is 6.92 Å². The van der Waals surface area contributed by atoms with Crippen LogP contribution in [0.25, 0.3) is 28.3 Å². The Bertz CT molecular complexity index is 1080. The molecule has 0 aliphatic heterocycles. The molecule has 118 valence electrons. The van der Waals surface area contributed by atoms with Gasteiger partial charge in [0.05, 0.1) is 17.5 Å². The molecule has 0 saturated carbocycles. The first-order valence-corrected chi connectivity index (χ1v) is 7.55. The molecule has 0 aromatic carbocycles. The first-order valence-electron chi connectivity index (χ1n) is 7.55. The zero-order valence-corrected chi connectivity index (χ0v) is 13.2. The van der Waals surface area contributed by atoms with Crippen molar-refractivity contribution in [1.82, 2.24) is 33.7 Å². The number of nitrogens with one attached hydrogen (secondary N) is 1. The molecule has 23 heavy (non-hydrogen) atoms. The molecule has 4 aromatic heterocycles. The summed E-state index contributed by atoms with van der Waals surface area (Å²) in [7, 11) is 1.85. The summed E-state index contributed by atoms with van der Waals surface area (Å²) in [6, 6.07) is 0. The van der Waals surface area contributed by atoms with Gasteiger partial charge in [-0.25, -0.2) is 9.97 Å². The Morgan fingerprint density at radius 3 is 2.78 bits per heavy atom. The number of hydrogen-bond donors (Lipinski definition) is 1. The van der Waals surface area contributed by atoms with Crippen molar-refractivity contribution in [1.29, 1.82) is 0 Å². The lowest BCUT2D eigenvalue weighted by Gasteiger charge is -2.05. The maximum absolute atomic E-state index is 12.8. The fourth-order valence-corrected chi connectivity index (χ4v) is 2.85. The summed E-state index contributed by atoms with van der Waals surface area (Å²) in [6.45, 7) is 4.57. The van der Waals surface area contributed by atoms with E-state index in [0.29, 0.717) is 29.3 Å².